The summed E-state index contributed by atoms with van der Waals surface area (Å²) in [5, 5.41) is 2.87. The number of H-pyrrole nitrogens is 1. The first kappa shape index (κ1) is 16.0. The second-order valence-corrected chi connectivity index (χ2v) is 5.41. The summed E-state index contributed by atoms with van der Waals surface area (Å²) < 4.78 is 0. The maximum atomic E-state index is 4.49. The molecule has 0 atom stereocenters. The van der Waals surface area contributed by atoms with Crippen molar-refractivity contribution in [1.82, 2.24) is 4.98 Å². The van der Waals surface area contributed by atoms with E-state index in [9.17, 15) is 0 Å². The van der Waals surface area contributed by atoms with E-state index in [4.69, 9.17) is 0 Å². The first-order valence-corrected chi connectivity index (χ1v) is 7.87. The number of aliphatic imine (C=N–C) groups is 2. The van der Waals surface area contributed by atoms with E-state index in [0.717, 1.165) is 32.8 Å². The molecule has 4 heteroatoms. The van der Waals surface area contributed by atoms with Gasteiger partial charge in [0, 0.05) is 29.2 Å². The summed E-state index contributed by atoms with van der Waals surface area (Å²) in [6.45, 7) is 14.1. The molecule has 0 bridgehead atoms. The third-order valence-corrected chi connectivity index (χ3v) is 3.98. The van der Waals surface area contributed by atoms with Crippen LogP contribution in [0.1, 0.15) is 12.5 Å². The molecule has 0 aliphatic carbocycles. The SMILES string of the molecule is C=CS/C(C(C=C)=NCC)=C(/N=C)c1c[nH]c2ccccc12. The lowest BCUT2D eigenvalue weighted by atomic mass is 10.1. The Morgan fingerprint density at radius 1 is 1.32 bits per heavy atom. The van der Waals surface area contributed by atoms with Crippen LogP contribution in [-0.4, -0.2) is 24.0 Å². The number of benzene rings is 1. The largest absolute Gasteiger partial charge is 0.360 e. The fourth-order valence-corrected chi connectivity index (χ4v) is 2.99. The van der Waals surface area contributed by atoms with Gasteiger partial charge in [0.25, 0.3) is 0 Å². The molecule has 1 aromatic heterocycles. The summed E-state index contributed by atoms with van der Waals surface area (Å²) in [4.78, 5) is 12.9. The van der Waals surface area contributed by atoms with Crippen LogP contribution in [0.25, 0.3) is 16.6 Å². The van der Waals surface area contributed by atoms with Crippen molar-refractivity contribution in [2.45, 2.75) is 6.92 Å². The Morgan fingerprint density at radius 2 is 2.09 bits per heavy atom. The number of aromatic nitrogens is 1. The molecule has 2 aromatic rings. The Kier molecular flexibility index (Phi) is 5.55. The minimum Gasteiger partial charge on any atom is -0.360 e. The second-order valence-electron chi connectivity index (χ2n) is 4.43. The summed E-state index contributed by atoms with van der Waals surface area (Å²) in [6.07, 6.45) is 3.69. The number of hydrogen-bond acceptors (Lipinski definition) is 3. The molecule has 0 amide bonds. The highest BCUT2D eigenvalue weighted by molar-refractivity contribution is 8.06. The van der Waals surface area contributed by atoms with E-state index in [1.165, 1.54) is 11.8 Å². The van der Waals surface area contributed by atoms with Crippen molar-refractivity contribution in [3.8, 4) is 0 Å². The molecule has 0 saturated heterocycles. The van der Waals surface area contributed by atoms with Gasteiger partial charge >= 0.3 is 0 Å². The van der Waals surface area contributed by atoms with Crippen molar-refractivity contribution >= 4 is 40.8 Å². The smallest absolute Gasteiger partial charge is 0.0877 e. The van der Waals surface area contributed by atoms with Crippen LogP contribution < -0.4 is 0 Å². The molecule has 1 aromatic carbocycles. The predicted octanol–water partition coefficient (Wildman–Crippen LogP) is 5.06. The standard InChI is InChI=1S/C18H19N3S/c1-5-15(20-6-2)18(22-7-3)17(19-4)14-12-21-16-11-9-8-10-13(14)16/h5,7-12,21H,1,3-4,6H2,2H3/b18-17+,20-15?. The third kappa shape index (κ3) is 3.12. The van der Waals surface area contributed by atoms with Gasteiger partial charge in [0.1, 0.15) is 0 Å². The van der Waals surface area contributed by atoms with Gasteiger partial charge in [-0.3, -0.25) is 9.98 Å². The second kappa shape index (κ2) is 7.61. The van der Waals surface area contributed by atoms with E-state index in [1.807, 2.05) is 31.3 Å². The lowest BCUT2D eigenvalue weighted by Gasteiger charge is -2.10. The maximum absolute atomic E-state index is 4.49. The molecular formula is C18H19N3S. The van der Waals surface area contributed by atoms with Crippen LogP contribution >= 0.6 is 11.8 Å². The van der Waals surface area contributed by atoms with E-state index in [1.54, 1.807) is 11.5 Å². The monoisotopic (exact) mass is 309 g/mol. The summed E-state index contributed by atoms with van der Waals surface area (Å²) >= 11 is 1.48. The van der Waals surface area contributed by atoms with Crippen molar-refractivity contribution in [2.24, 2.45) is 9.98 Å². The number of para-hydroxylation sites is 1. The van der Waals surface area contributed by atoms with Crippen molar-refractivity contribution in [3.63, 3.8) is 0 Å². The van der Waals surface area contributed by atoms with Crippen LogP contribution in [0.5, 0.6) is 0 Å². The Hall–Kier alpha value is -2.33. The molecule has 112 valence electrons. The molecule has 2 rings (SSSR count). The fourth-order valence-electron chi connectivity index (χ4n) is 2.27. The highest BCUT2D eigenvalue weighted by Gasteiger charge is 2.15. The van der Waals surface area contributed by atoms with Crippen molar-refractivity contribution in [2.75, 3.05) is 6.54 Å². The van der Waals surface area contributed by atoms with E-state index < -0.39 is 0 Å². The van der Waals surface area contributed by atoms with Gasteiger partial charge in [-0.1, -0.05) is 43.1 Å². The van der Waals surface area contributed by atoms with Gasteiger partial charge < -0.3 is 4.98 Å². The minimum atomic E-state index is 0.681. The van der Waals surface area contributed by atoms with Crippen LogP contribution in [-0.2, 0) is 0 Å². The molecule has 1 N–H and O–H groups in total. The topological polar surface area (TPSA) is 40.5 Å². The first-order valence-electron chi connectivity index (χ1n) is 6.99. The summed E-state index contributed by atoms with van der Waals surface area (Å²) in [7, 11) is 0. The fraction of sp³-hybridized carbons (Fsp3) is 0.111. The minimum absolute atomic E-state index is 0.681. The molecule has 0 fully saturated rings. The van der Waals surface area contributed by atoms with E-state index >= 15 is 0 Å². The van der Waals surface area contributed by atoms with Crippen molar-refractivity contribution < 1.29 is 0 Å². The number of nitrogens with one attached hydrogen (secondary N) is 1. The molecular weight excluding hydrogens is 290 g/mol. The Labute approximate surface area is 135 Å². The lowest BCUT2D eigenvalue weighted by molar-refractivity contribution is 1.13. The van der Waals surface area contributed by atoms with Gasteiger partial charge in [-0.2, -0.15) is 0 Å². The van der Waals surface area contributed by atoms with E-state index in [2.05, 4.69) is 40.9 Å². The lowest BCUT2D eigenvalue weighted by Crippen LogP contribution is -1.99. The average Bonchev–Trinajstić information content (AvgIpc) is 2.97. The van der Waals surface area contributed by atoms with Gasteiger partial charge in [-0.05, 0) is 31.2 Å². The third-order valence-electron chi connectivity index (χ3n) is 3.17. The molecule has 0 spiro atoms. The molecule has 0 saturated carbocycles. The summed E-state index contributed by atoms with van der Waals surface area (Å²) in [6, 6.07) is 8.11. The molecule has 3 nitrogen and oxygen atoms in total. The molecule has 1 heterocycles. The zero-order chi connectivity index (χ0) is 15.9. The summed E-state index contributed by atoms with van der Waals surface area (Å²) in [5.41, 5.74) is 3.66. The predicted molar refractivity (Wildman–Crippen MR) is 101 cm³/mol. The number of nitrogens with zero attached hydrogens (tertiary/aromatic N) is 2. The molecule has 0 aliphatic rings. The highest BCUT2D eigenvalue weighted by Crippen LogP contribution is 2.33. The zero-order valence-corrected chi connectivity index (χ0v) is 13.5. The van der Waals surface area contributed by atoms with Crippen LogP contribution in [0.3, 0.4) is 0 Å². The van der Waals surface area contributed by atoms with Gasteiger partial charge in [0.2, 0.25) is 0 Å². The normalized spacial score (nSPS) is 12.9. The Balaban J connectivity index is 2.73. The maximum Gasteiger partial charge on any atom is 0.0877 e. The van der Waals surface area contributed by atoms with Crippen LogP contribution in [0, 0.1) is 0 Å². The number of allylic oxidation sites excluding steroid dienone is 2. The number of hydrogen-bond donors (Lipinski definition) is 1. The van der Waals surface area contributed by atoms with E-state index in [0.29, 0.717) is 6.54 Å². The Bertz CT molecular complexity index is 765. The first-order chi connectivity index (χ1) is 10.8. The quantitative estimate of drug-likeness (QED) is 0.713. The van der Waals surface area contributed by atoms with Crippen LogP contribution in [0.15, 0.2) is 70.0 Å². The van der Waals surface area contributed by atoms with Crippen LogP contribution in [0.4, 0.5) is 0 Å². The van der Waals surface area contributed by atoms with Gasteiger partial charge in [0.05, 0.1) is 16.3 Å². The van der Waals surface area contributed by atoms with Crippen molar-refractivity contribution in [1.29, 1.82) is 0 Å². The zero-order valence-electron chi connectivity index (χ0n) is 12.7. The molecule has 0 unspecified atom stereocenters. The number of fused-ring (bicyclic) bond motifs is 1. The van der Waals surface area contributed by atoms with Crippen molar-refractivity contribution in [3.05, 3.63) is 65.6 Å². The van der Waals surface area contributed by atoms with Gasteiger partial charge in [0.15, 0.2) is 0 Å². The molecule has 0 radical (unpaired) electrons. The molecule has 0 aliphatic heterocycles. The molecule has 22 heavy (non-hydrogen) atoms. The van der Waals surface area contributed by atoms with Gasteiger partial charge in [-0.25, -0.2) is 0 Å². The number of aromatic amines is 1. The average molecular weight is 309 g/mol. The number of thioether (sulfide) groups is 1. The highest BCUT2D eigenvalue weighted by atomic mass is 32.2. The van der Waals surface area contributed by atoms with Gasteiger partial charge in [-0.15, -0.1) is 0 Å². The number of rotatable bonds is 7. The summed E-state index contributed by atoms with van der Waals surface area (Å²) in [5.74, 6) is 0. The Morgan fingerprint density at radius 3 is 2.73 bits per heavy atom. The van der Waals surface area contributed by atoms with Crippen LogP contribution in [0.2, 0.25) is 0 Å². The van der Waals surface area contributed by atoms with E-state index in [-0.39, 0.29) is 0 Å².